The van der Waals surface area contributed by atoms with Crippen molar-refractivity contribution in [2.24, 2.45) is 0 Å². The summed E-state index contributed by atoms with van der Waals surface area (Å²) in [7, 11) is -3.22. The van der Waals surface area contributed by atoms with Crippen molar-refractivity contribution in [3.05, 3.63) is 16.1 Å². The van der Waals surface area contributed by atoms with Gasteiger partial charge in [0.25, 0.3) is 0 Å². The summed E-state index contributed by atoms with van der Waals surface area (Å²) in [5, 5.41) is 8.21. The van der Waals surface area contributed by atoms with Gasteiger partial charge >= 0.3 is 5.97 Å². The Morgan fingerprint density at radius 1 is 1.50 bits per heavy atom. The predicted molar refractivity (Wildman–Crippen MR) is 59.5 cm³/mol. The summed E-state index contributed by atoms with van der Waals surface area (Å²) in [5.41, 5.74) is 1.61. The van der Waals surface area contributed by atoms with E-state index in [2.05, 4.69) is 4.98 Å². The molecule has 1 N–H and O–H groups in total. The SMILES string of the molecule is O=C(O)c1scnc1C1CCCCS1(=O)=O. The van der Waals surface area contributed by atoms with Crippen LogP contribution in [0.15, 0.2) is 5.51 Å². The average molecular weight is 261 g/mol. The summed E-state index contributed by atoms with van der Waals surface area (Å²) in [6.45, 7) is 0. The van der Waals surface area contributed by atoms with E-state index in [0.29, 0.717) is 12.8 Å². The van der Waals surface area contributed by atoms with E-state index in [9.17, 15) is 13.2 Å². The first kappa shape index (κ1) is 11.5. The number of aromatic nitrogens is 1. The van der Waals surface area contributed by atoms with Crippen LogP contribution in [-0.4, -0.2) is 30.2 Å². The molecule has 2 heterocycles. The summed E-state index contributed by atoms with van der Waals surface area (Å²) in [6.07, 6.45) is 1.94. The molecule has 1 saturated heterocycles. The Balaban J connectivity index is 2.43. The smallest absolute Gasteiger partial charge is 0.347 e. The lowest BCUT2D eigenvalue weighted by Crippen LogP contribution is -2.23. The lowest BCUT2D eigenvalue weighted by Gasteiger charge is -2.21. The van der Waals surface area contributed by atoms with E-state index in [1.807, 2.05) is 0 Å². The molecule has 1 aromatic heterocycles. The highest BCUT2D eigenvalue weighted by Gasteiger charge is 2.34. The highest BCUT2D eigenvalue weighted by Crippen LogP contribution is 2.35. The highest BCUT2D eigenvalue weighted by atomic mass is 32.2. The molecule has 0 bridgehead atoms. The fourth-order valence-corrected chi connectivity index (χ4v) is 4.60. The molecule has 1 fully saturated rings. The van der Waals surface area contributed by atoms with Crippen LogP contribution in [0.4, 0.5) is 0 Å². The van der Waals surface area contributed by atoms with Crippen LogP contribution in [0.3, 0.4) is 0 Å². The molecule has 1 aromatic rings. The summed E-state index contributed by atoms with van der Waals surface area (Å²) in [6, 6.07) is 0. The third-order valence-corrected chi connectivity index (χ3v) is 5.69. The number of hydrogen-bond acceptors (Lipinski definition) is 5. The fourth-order valence-electron chi connectivity index (χ4n) is 1.91. The van der Waals surface area contributed by atoms with E-state index >= 15 is 0 Å². The fraction of sp³-hybridized carbons (Fsp3) is 0.556. The molecule has 0 amide bonds. The van der Waals surface area contributed by atoms with Crippen LogP contribution in [0.5, 0.6) is 0 Å². The highest BCUT2D eigenvalue weighted by molar-refractivity contribution is 7.91. The first-order valence-electron chi connectivity index (χ1n) is 4.90. The van der Waals surface area contributed by atoms with Crippen LogP contribution in [0.2, 0.25) is 0 Å². The van der Waals surface area contributed by atoms with E-state index in [0.717, 1.165) is 17.8 Å². The van der Waals surface area contributed by atoms with Crippen molar-refractivity contribution >= 4 is 27.1 Å². The van der Waals surface area contributed by atoms with E-state index in [4.69, 9.17) is 5.11 Å². The predicted octanol–water partition coefficient (Wildman–Crippen LogP) is 1.48. The summed E-state index contributed by atoms with van der Waals surface area (Å²) in [5.74, 6) is -0.966. The molecule has 16 heavy (non-hydrogen) atoms. The maximum Gasteiger partial charge on any atom is 0.347 e. The lowest BCUT2D eigenvalue weighted by molar-refractivity contribution is 0.0700. The number of aromatic carboxylic acids is 1. The number of carboxylic acids is 1. The van der Waals surface area contributed by atoms with Gasteiger partial charge in [0.15, 0.2) is 9.84 Å². The monoisotopic (exact) mass is 261 g/mol. The van der Waals surface area contributed by atoms with Gasteiger partial charge in [-0.05, 0) is 12.8 Å². The van der Waals surface area contributed by atoms with Gasteiger partial charge in [-0.15, -0.1) is 11.3 Å². The molecular formula is C9H11NO4S2. The number of thiazole rings is 1. The van der Waals surface area contributed by atoms with Gasteiger partial charge in [0.2, 0.25) is 0 Å². The zero-order chi connectivity index (χ0) is 11.8. The summed E-state index contributed by atoms with van der Waals surface area (Å²) < 4.78 is 23.7. The third kappa shape index (κ3) is 1.97. The topological polar surface area (TPSA) is 84.3 Å². The molecule has 5 nitrogen and oxygen atoms in total. The molecular weight excluding hydrogens is 250 g/mol. The van der Waals surface area contributed by atoms with E-state index in [-0.39, 0.29) is 16.3 Å². The number of sulfone groups is 1. The van der Waals surface area contributed by atoms with Crippen LogP contribution in [-0.2, 0) is 9.84 Å². The molecule has 2 rings (SSSR count). The zero-order valence-corrected chi connectivity index (χ0v) is 10.1. The molecule has 1 aliphatic heterocycles. The zero-order valence-electron chi connectivity index (χ0n) is 8.42. The van der Waals surface area contributed by atoms with Gasteiger partial charge in [0.05, 0.1) is 17.0 Å². The number of nitrogens with zero attached hydrogens (tertiary/aromatic N) is 1. The minimum Gasteiger partial charge on any atom is -0.477 e. The molecule has 0 aliphatic carbocycles. The Morgan fingerprint density at radius 2 is 2.25 bits per heavy atom. The van der Waals surface area contributed by atoms with Crippen molar-refractivity contribution in [3.63, 3.8) is 0 Å². The van der Waals surface area contributed by atoms with Crippen molar-refractivity contribution in [1.82, 2.24) is 4.98 Å². The van der Waals surface area contributed by atoms with Gasteiger partial charge in [0, 0.05) is 0 Å². The Bertz CT molecular complexity index is 505. The second-order valence-corrected chi connectivity index (χ2v) is 6.88. The van der Waals surface area contributed by atoms with Gasteiger partial charge in [-0.25, -0.2) is 18.2 Å². The molecule has 0 radical (unpaired) electrons. The quantitative estimate of drug-likeness (QED) is 0.871. The molecule has 88 valence electrons. The molecule has 0 aromatic carbocycles. The maximum absolute atomic E-state index is 11.8. The van der Waals surface area contributed by atoms with Crippen molar-refractivity contribution in [2.75, 3.05) is 5.75 Å². The number of carboxylic acid groups (broad SMARTS) is 1. The van der Waals surface area contributed by atoms with Gasteiger partial charge in [-0.2, -0.15) is 0 Å². The molecule has 1 atom stereocenters. The Labute approximate surface area is 97.1 Å². The van der Waals surface area contributed by atoms with Gasteiger partial charge in [-0.1, -0.05) is 6.42 Å². The van der Waals surface area contributed by atoms with Crippen molar-refractivity contribution in [1.29, 1.82) is 0 Å². The molecule has 1 aliphatic rings. The minimum atomic E-state index is -3.22. The van der Waals surface area contributed by atoms with E-state index < -0.39 is 21.1 Å². The second kappa shape index (κ2) is 4.14. The van der Waals surface area contributed by atoms with Crippen molar-refractivity contribution < 1.29 is 18.3 Å². The minimum absolute atomic E-state index is 0.0514. The van der Waals surface area contributed by atoms with Crippen LogP contribution in [0.25, 0.3) is 0 Å². The van der Waals surface area contributed by atoms with Crippen LogP contribution < -0.4 is 0 Å². The lowest BCUT2D eigenvalue weighted by atomic mass is 10.1. The average Bonchev–Trinajstić information content (AvgIpc) is 2.65. The Morgan fingerprint density at radius 3 is 2.88 bits per heavy atom. The van der Waals surface area contributed by atoms with Crippen molar-refractivity contribution in [2.45, 2.75) is 24.5 Å². The van der Waals surface area contributed by atoms with Crippen LogP contribution in [0, 0.1) is 0 Å². The van der Waals surface area contributed by atoms with Crippen LogP contribution >= 0.6 is 11.3 Å². The van der Waals surface area contributed by atoms with Gasteiger partial charge in [-0.3, -0.25) is 0 Å². The summed E-state index contributed by atoms with van der Waals surface area (Å²) in [4.78, 5) is 14.9. The first-order valence-corrected chi connectivity index (χ1v) is 7.50. The Hall–Kier alpha value is -0.950. The Kier molecular flexibility index (Phi) is 2.98. The van der Waals surface area contributed by atoms with E-state index in [1.165, 1.54) is 5.51 Å². The second-order valence-electron chi connectivity index (χ2n) is 3.72. The molecule has 1 unspecified atom stereocenters. The standard InChI is InChI=1S/C9H11NO4S2/c11-9(12)8-7(10-5-15-8)6-3-1-2-4-16(6,13)14/h5-6H,1-4H2,(H,11,12). The van der Waals surface area contributed by atoms with Crippen LogP contribution in [0.1, 0.15) is 39.9 Å². The third-order valence-electron chi connectivity index (χ3n) is 2.67. The van der Waals surface area contributed by atoms with Crippen molar-refractivity contribution in [3.8, 4) is 0 Å². The number of rotatable bonds is 2. The maximum atomic E-state index is 11.8. The first-order chi connectivity index (χ1) is 7.52. The van der Waals surface area contributed by atoms with Gasteiger partial charge in [0.1, 0.15) is 10.1 Å². The van der Waals surface area contributed by atoms with Gasteiger partial charge < -0.3 is 5.11 Å². The normalized spacial score (nSPS) is 24.1. The molecule has 0 saturated carbocycles. The van der Waals surface area contributed by atoms with E-state index in [1.54, 1.807) is 0 Å². The molecule has 7 heteroatoms. The number of hydrogen-bond donors (Lipinski definition) is 1. The summed E-state index contributed by atoms with van der Waals surface area (Å²) >= 11 is 0.977. The largest absolute Gasteiger partial charge is 0.477 e. The molecule has 0 spiro atoms. The number of carbonyl (C=O) groups is 1.